The first-order valence-corrected chi connectivity index (χ1v) is 7.38. The Hall–Kier alpha value is -1.73. The molecule has 7 heteroatoms. The molecule has 1 aromatic carbocycles. The van der Waals surface area contributed by atoms with Gasteiger partial charge in [-0.3, -0.25) is 5.10 Å². The van der Waals surface area contributed by atoms with E-state index in [1.807, 2.05) is 13.0 Å². The molecule has 0 bridgehead atoms. The minimum atomic E-state index is -3.48. The third kappa shape index (κ3) is 3.39. The second-order valence-electron chi connectivity index (χ2n) is 4.35. The maximum absolute atomic E-state index is 12.2. The quantitative estimate of drug-likeness (QED) is 0.853. The van der Waals surface area contributed by atoms with E-state index in [-0.39, 0.29) is 6.54 Å². The van der Waals surface area contributed by atoms with Crippen LogP contribution in [0.5, 0.6) is 0 Å². The number of aromatic nitrogens is 3. The molecule has 2 N–H and O–H groups in total. The fraction of sp³-hybridized carbons (Fsp3) is 0.333. The second kappa shape index (κ2) is 5.50. The summed E-state index contributed by atoms with van der Waals surface area (Å²) in [5.41, 5.74) is 1.65. The van der Waals surface area contributed by atoms with E-state index in [0.29, 0.717) is 17.1 Å². The zero-order chi connectivity index (χ0) is 13.9. The molecule has 1 heterocycles. The number of aryl methyl sites for hydroxylation is 2. The van der Waals surface area contributed by atoms with Crippen LogP contribution in [0.1, 0.15) is 17.0 Å². The van der Waals surface area contributed by atoms with Crippen LogP contribution in [0.2, 0.25) is 0 Å². The maximum atomic E-state index is 12.2. The second-order valence-corrected chi connectivity index (χ2v) is 6.08. The van der Waals surface area contributed by atoms with E-state index in [1.54, 1.807) is 19.1 Å². The van der Waals surface area contributed by atoms with Crippen molar-refractivity contribution < 1.29 is 8.42 Å². The van der Waals surface area contributed by atoms with Crippen molar-refractivity contribution in [3.8, 4) is 0 Å². The van der Waals surface area contributed by atoms with Gasteiger partial charge in [0.25, 0.3) is 0 Å². The molecule has 0 unspecified atom stereocenters. The van der Waals surface area contributed by atoms with Crippen molar-refractivity contribution in [1.29, 1.82) is 0 Å². The van der Waals surface area contributed by atoms with Gasteiger partial charge in [-0.05, 0) is 31.0 Å². The van der Waals surface area contributed by atoms with Crippen LogP contribution in [0, 0.1) is 13.8 Å². The van der Waals surface area contributed by atoms with Crippen LogP contribution in [0.3, 0.4) is 0 Å². The number of H-pyrrole nitrogens is 1. The van der Waals surface area contributed by atoms with Gasteiger partial charge < -0.3 is 0 Å². The Balaban J connectivity index is 2.07. The highest BCUT2D eigenvalue weighted by molar-refractivity contribution is 7.89. The summed E-state index contributed by atoms with van der Waals surface area (Å²) in [6, 6.07) is 5.37. The fourth-order valence-corrected chi connectivity index (χ4v) is 3.09. The molecule has 6 nitrogen and oxygen atoms in total. The van der Waals surface area contributed by atoms with Gasteiger partial charge in [0.05, 0.1) is 4.90 Å². The zero-order valence-corrected chi connectivity index (χ0v) is 11.7. The molecule has 0 aliphatic carbocycles. The Morgan fingerprint density at radius 2 is 2.11 bits per heavy atom. The third-order valence-electron chi connectivity index (χ3n) is 2.75. The molecule has 0 aliphatic rings. The van der Waals surface area contributed by atoms with Crippen LogP contribution in [0.25, 0.3) is 0 Å². The van der Waals surface area contributed by atoms with Crippen LogP contribution in [0.15, 0.2) is 29.4 Å². The maximum Gasteiger partial charge on any atom is 0.240 e. The van der Waals surface area contributed by atoms with Crippen LogP contribution in [-0.2, 0) is 16.4 Å². The van der Waals surface area contributed by atoms with Gasteiger partial charge in [0, 0.05) is 13.0 Å². The van der Waals surface area contributed by atoms with Gasteiger partial charge in [-0.1, -0.05) is 12.1 Å². The fourth-order valence-electron chi connectivity index (χ4n) is 1.73. The van der Waals surface area contributed by atoms with E-state index >= 15 is 0 Å². The number of aromatic amines is 1. The third-order valence-corrected chi connectivity index (χ3v) is 4.35. The molecule has 1 aromatic heterocycles. The lowest BCUT2D eigenvalue weighted by Crippen LogP contribution is -2.27. The highest BCUT2D eigenvalue weighted by Gasteiger charge is 2.16. The van der Waals surface area contributed by atoms with Gasteiger partial charge in [-0.15, -0.1) is 0 Å². The molecule has 0 radical (unpaired) electrons. The SMILES string of the molecule is Cc1ccc(C)c(S(=O)(=O)NCCc2ncn[nH]2)c1. The van der Waals surface area contributed by atoms with E-state index in [1.165, 1.54) is 6.33 Å². The van der Waals surface area contributed by atoms with Crippen molar-refractivity contribution in [3.05, 3.63) is 41.5 Å². The molecule has 19 heavy (non-hydrogen) atoms. The van der Waals surface area contributed by atoms with Gasteiger partial charge in [-0.2, -0.15) is 5.10 Å². The minimum absolute atomic E-state index is 0.283. The first-order chi connectivity index (χ1) is 8.99. The Morgan fingerprint density at radius 3 is 2.79 bits per heavy atom. The molecule has 0 saturated carbocycles. The number of nitrogens with zero attached hydrogens (tertiary/aromatic N) is 2. The molecule has 2 rings (SSSR count). The normalized spacial score (nSPS) is 11.7. The van der Waals surface area contributed by atoms with Crippen LogP contribution < -0.4 is 4.72 Å². The summed E-state index contributed by atoms with van der Waals surface area (Å²) in [5, 5.41) is 6.40. The summed E-state index contributed by atoms with van der Waals surface area (Å²) in [6.07, 6.45) is 1.87. The standard InChI is InChI=1S/C12H16N4O2S/c1-9-3-4-10(2)11(7-9)19(17,18)15-6-5-12-13-8-14-16-12/h3-4,7-8,15H,5-6H2,1-2H3,(H,13,14,16). The summed E-state index contributed by atoms with van der Waals surface area (Å²) < 4.78 is 26.9. The van der Waals surface area contributed by atoms with E-state index in [9.17, 15) is 8.42 Å². The van der Waals surface area contributed by atoms with Crippen molar-refractivity contribution >= 4 is 10.0 Å². The van der Waals surface area contributed by atoms with E-state index in [2.05, 4.69) is 19.9 Å². The Kier molecular flexibility index (Phi) is 3.96. The molecule has 2 aromatic rings. The van der Waals surface area contributed by atoms with Crippen molar-refractivity contribution in [3.63, 3.8) is 0 Å². The number of sulfonamides is 1. The molecule has 0 saturated heterocycles. The van der Waals surface area contributed by atoms with Crippen LogP contribution in [0.4, 0.5) is 0 Å². The largest absolute Gasteiger partial charge is 0.263 e. The smallest absolute Gasteiger partial charge is 0.240 e. The number of hydrogen-bond acceptors (Lipinski definition) is 4. The molecule has 0 atom stereocenters. The number of hydrogen-bond donors (Lipinski definition) is 2. The van der Waals surface area contributed by atoms with Gasteiger partial charge in [0.1, 0.15) is 12.2 Å². The predicted octanol–water partition coefficient (Wildman–Crippen LogP) is 0.943. The molecule has 0 spiro atoms. The van der Waals surface area contributed by atoms with Gasteiger partial charge in [-0.25, -0.2) is 18.1 Å². The molecule has 0 aliphatic heterocycles. The number of rotatable bonds is 5. The highest BCUT2D eigenvalue weighted by Crippen LogP contribution is 2.16. The Morgan fingerprint density at radius 1 is 1.32 bits per heavy atom. The van der Waals surface area contributed by atoms with Crippen molar-refractivity contribution in [2.45, 2.75) is 25.2 Å². The van der Waals surface area contributed by atoms with Crippen molar-refractivity contribution in [2.75, 3.05) is 6.54 Å². The van der Waals surface area contributed by atoms with Crippen molar-refractivity contribution in [2.24, 2.45) is 0 Å². The summed E-state index contributed by atoms with van der Waals surface area (Å²) in [4.78, 5) is 4.26. The monoisotopic (exact) mass is 280 g/mol. The summed E-state index contributed by atoms with van der Waals surface area (Å²) >= 11 is 0. The molecular formula is C12H16N4O2S. The summed E-state index contributed by atoms with van der Waals surface area (Å²) in [7, 11) is -3.48. The van der Waals surface area contributed by atoms with Crippen LogP contribution in [-0.4, -0.2) is 30.1 Å². The Labute approximate surface area is 112 Å². The lowest BCUT2D eigenvalue weighted by Gasteiger charge is -2.09. The average molecular weight is 280 g/mol. The Bertz CT molecular complexity index is 650. The van der Waals surface area contributed by atoms with Crippen molar-refractivity contribution in [1.82, 2.24) is 19.9 Å². The molecule has 0 amide bonds. The molecule has 0 fully saturated rings. The highest BCUT2D eigenvalue weighted by atomic mass is 32.2. The van der Waals surface area contributed by atoms with Gasteiger partial charge in [0.2, 0.25) is 10.0 Å². The number of nitrogens with one attached hydrogen (secondary N) is 2. The van der Waals surface area contributed by atoms with Gasteiger partial charge in [0.15, 0.2) is 0 Å². The molecule has 102 valence electrons. The first-order valence-electron chi connectivity index (χ1n) is 5.90. The predicted molar refractivity (Wildman–Crippen MR) is 71.2 cm³/mol. The average Bonchev–Trinajstić information content (AvgIpc) is 2.85. The van der Waals surface area contributed by atoms with Gasteiger partial charge >= 0.3 is 0 Å². The van der Waals surface area contributed by atoms with E-state index in [0.717, 1.165) is 11.1 Å². The summed E-state index contributed by atoms with van der Waals surface area (Å²) in [6.45, 7) is 3.93. The first kappa shape index (κ1) is 13.7. The van der Waals surface area contributed by atoms with E-state index < -0.39 is 10.0 Å². The van der Waals surface area contributed by atoms with E-state index in [4.69, 9.17) is 0 Å². The zero-order valence-electron chi connectivity index (χ0n) is 10.8. The number of benzene rings is 1. The summed E-state index contributed by atoms with van der Waals surface area (Å²) in [5.74, 6) is 0.656. The lowest BCUT2D eigenvalue weighted by atomic mass is 10.2. The topological polar surface area (TPSA) is 87.7 Å². The molecular weight excluding hydrogens is 264 g/mol. The minimum Gasteiger partial charge on any atom is -0.263 e. The lowest BCUT2D eigenvalue weighted by molar-refractivity contribution is 0.580. The van der Waals surface area contributed by atoms with Crippen LogP contribution >= 0.6 is 0 Å².